The molecule has 28 heavy (non-hydrogen) atoms. The summed E-state index contributed by atoms with van der Waals surface area (Å²) < 4.78 is 7.03. The van der Waals surface area contributed by atoms with Gasteiger partial charge in [-0.05, 0) is 30.5 Å². The normalized spacial score (nSPS) is 17.0. The van der Waals surface area contributed by atoms with Gasteiger partial charge in [-0.2, -0.15) is 0 Å². The van der Waals surface area contributed by atoms with E-state index in [0.717, 1.165) is 25.1 Å². The number of aromatic nitrogens is 3. The van der Waals surface area contributed by atoms with E-state index in [-0.39, 0.29) is 5.69 Å². The van der Waals surface area contributed by atoms with Crippen LogP contribution < -0.4 is 4.74 Å². The molecule has 0 radical (unpaired) electrons. The molecule has 2 heterocycles. The first-order valence-electron chi connectivity index (χ1n) is 9.16. The van der Waals surface area contributed by atoms with Crippen LogP contribution in [0.5, 0.6) is 5.75 Å². The van der Waals surface area contributed by atoms with Gasteiger partial charge in [-0.25, -0.2) is 9.67 Å². The van der Waals surface area contributed by atoms with E-state index in [1.165, 1.54) is 17.7 Å². The van der Waals surface area contributed by atoms with Crippen LogP contribution in [0.4, 0.5) is 5.69 Å². The maximum absolute atomic E-state index is 11.0. The van der Waals surface area contributed by atoms with Gasteiger partial charge in [0.1, 0.15) is 12.1 Å². The van der Waals surface area contributed by atoms with Crippen molar-refractivity contribution in [1.29, 1.82) is 0 Å². The van der Waals surface area contributed by atoms with Crippen molar-refractivity contribution in [3.05, 3.63) is 70.5 Å². The van der Waals surface area contributed by atoms with E-state index in [9.17, 15) is 10.1 Å². The molecule has 0 bridgehead atoms. The van der Waals surface area contributed by atoms with Gasteiger partial charge >= 0.3 is 0 Å². The third-order valence-electron chi connectivity index (χ3n) is 5.04. The smallest absolute Gasteiger partial charge is 0.270 e. The molecule has 4 rings (SSSR count). The van der Waals surface area contributed by atoms with Gasteiger partial charge in [-0.3, -0.25) is 15.0 Å². The van der Waals surface area contributed by atoms with E-state index in [2.05, 4.69) is 27.1 Å². The molecule has 1 aliphatic rings. The van der Waals surface area contributed by atoms with Crippen LogP contribution in [0, 0.1) is 10.1 Å². The van der Waals surface area contributed by atoms with Gasteiger partial charge in [0.25, 0.3) is 5.69 Å². The summed E-state index contributed by atoms with van der Waals surface area (Å²) in [6.45, 7) is 1.61. The number of rotatable bonds is 6. The fourth-order valence-electron chi connectivity index (χ4n) is 3.64. The second-order valence-electron chi connectivity index (χ2n) is 6.80. The molecule has 0 N–H and O–H groups in total. The third-order valence-corrected chi connectivity index (χ3v) is 5.04. The van der Waals surface area contributed by atoms with Crippen molar-refractivity contribution in [2.75, 3.05) is 13.7 Å². The van der Waals surface area contributed by atoms with Crippen molar-refractivity contribution in [3.8, 4) is 17.1 Å². The lowest BCUT2D eigenvalue weighted by Gasteiger charge is -2.24. The Labute approximate surface area is 162 Å². The molecule has 1 fully saturated rings. The average molecular weight is 379 g/mol. The number of hydrogen-bond acceptors (Lipinski definition) is 6. The first-order valence-corrected chi connectivity index (χ1v) is 9.16. The molecule has 1 aromatic heterocycles. The Balaban J connectivity index is 1.50. The van der Waals surface area contributed by atoms with Crippen LogP contribution in [0.1, 0.15) is 24.4 Å². The highest BCUT2D eigenvalue weighted by Gasteiger charge is 2.26. The molecule has 1 atom stereocenters. The SMILES string of the molecule is COc1ccc(C2CCCN2Cn2cnc(-c3cccc([N+](=O)[O-])c3)n2)cc1. The lowest BCUT2D eigenvalue weighted by molar-refractivity contribution is -0.384. The van der Waals surface area contributed by atoms with Crippen LogP contribution in [-0.2, 0) is 6.67 Å². The summed E-state index contributed by atoms with van der Waals surface area (Å²) in [6.07, 6.45) is 3.90. The highest BCUT2D eigenvalue weighted by molar-refractivity contribution is 5.58. The number of nitrogens with zero attached hydrogens (tertiary/aromatic N) is 5. The molecule has 8 nitrogen and oxygen atoms in total. The summed E-state index contributed by atoms with van der Waals surface area (Å²) in [5.41, 5.74) is 1.94. The molecule has 0 amide bonds. The van der Waals surface area contributed by atoms with Gasteiger partial charge in [0.2, 0.25) is 0 Å². The number of non-ortho nitro benzene ring substituents is 1. The maximum Gasteiger partial charge on any atom is 0.270 e. The van der Waals surface area contributed by atoms with Crippen LogP contribution >= 0.6 is 0 Å². The van der Waals surface area contributed by atoms with Crippen LogP contribution in [0.2, 0.25) is 0 Å². The highest BCUT2D eigenvalue weighted by Crippen LogP contribution is 2.33. The standard InChI is InChI=1S/C20H21N5O3/c1-28-18-9-7-15(8-10-18)19-6-3-11-23(19)14-24-13-21-20(22-24)16-4-2-5-17(12-16)25(26)27/h2,4-5,7-10,12-13,19H,3,6,11,14H2,1H3. The predicted octanol–water partition coefficient (Wildman–Crippen LogP) is 3.66. The number of likely N-dealkylation sites (tertiary alicyclic amines) is 1. The minimum atomic E-state index is -0.413. The quantitative estimate of drug-likeness (QED) is 0.480. The minimum absolute atomic E-state index is 0.0352. The molecule has 3 aromatic rings. The van der Waals surface area contributed by atoms with Crippen molar-refractivity contribution < 1.29 is 9.66 Å². The molecular formula is C20H21N5O3. The highest BCUT2D eigenvalue weighted by atomic mass is 16.6. The van der Waals surface area contributed by atoms with Crippen molar-refractivity contribution in [3.63, 3.8) is 0 Å². The Bertz CT molecular complexity index is 970. The third kappa shape index (κ3) is 3.72. The first kappa shape index (κ1) is 18.1. The Morgan fingerprint density at radius 1 is 1.25 bits per heavy atom. The fourth-order valence-corrected chi connectivity index (χ4v) is 3.64. The van der Waals surface area contributed by atoms with Gasteiger partial charge in [0.15, 0.2) is 5.82 Å². The van der Waals surface area contributed by atoms with E-state index in [1.807, 2.05) is 12.1 Å². The molecular weight excluding hydrogens is 358 g/mol. The Morgan fingerprint density at radius 3 is 2.82 bits per heavy atom. The minimum Gasteiger partial charge on any atom is -0.497 e. The van der Waals surface area contributed by atoms with Crippen LogP contribution in [-0.4, -0.2) is 38.2 Å². The average Bonchev–Trinajstić information content (AvgIpc) is 3.38. The monoisotopic (exact) mass is 379 g/mol. The van der Waals surface area contributed by atoms with Crippen molar-refractivity contribution in [1.82, 2.24) is 19.7 Å². The second-order valence-corrected chi connectivity index (χ2v) is 6.80. The summed E-state index contributed by atoms with van der Waals surface area (Å²) in [5.74, 6) is 1.34. The number of nitro benzene ring substituents is 1. The van der Waals surface area contributed by atoms with E-state index >= 15 is 0 Å². The summed E-state index contributed by atoms with van der Waals surface area (Å²) >= 11 is 0. The van der Waals surface area contributed by atoms with E-state index < -0.39 is 4.92 Å². The van der Waals surface area contributed by atoms with Gasteiger partial charge in [0, 0.05) is 30.3 Å². The maximum atomic E-state index is 11.0. The zero-order chi connectivity index (χ0) is 19.5. The second kappa shape index (κ2) is 7.77. The van der Waals surface area contributed by atoms with Crippen LogP contribution in [0.25, 0.3) is 11.4 Å². The number of methoxy groups -OCH3 is 1. The molecule has 0 saturated carbocycles. The molecule has 0 spiro atoms. The summed E-state index contributed by atoms with van der Waals surface area (Å²) in [6, 6.07) is 14.9. The summed E-state index contributed by atoms with van der Waals surface area (Å²) in [7, 11) is 1.67. The van der Waals surface area contributed by atoms with Crippen molar-refractivity contribution >= 4 is 5.69 Å². The fraction of sp³-hybridized carbons (Fsp3) is 0.300. The molecule has 1 unspecified atom stereocenters. The molecule has 0 aliphatic carbocycles. The number of nitro groups is 1. The lowest BCUT2D eigenvalue weighted by atomic mass is 10.0. The largest absolute Gasteiger partial charge is 0.497 e. The molecule has 144 valence electrons. The van der Waals surface area contributed by atoms with E-state index in [1.54, 1.807) is 30.3 Å². The lowest BCUT2D eigenvalue weighted by Crippen LogP contribution is -2.26. The number of ether oxygens (including phenoxy) is 1. The topological polar surface area (TPSA) is 86.3 Å². The molecule has 1 saturated heterocycles. The molecule has 8 heteroatoms. The van der Waals surface area contributed by atoms with Gasteiger partial charge in [-0.15, -0.1) is 5.10 Å². The van der Waals surface area contributed by atoms with E-state index in [4.69, 9.17) is 4.74 Å². The van der Waals surface area contributed by atoms with Crippen molar-refractivity contribution in [2.24, 2.45) is 0 Å². The zero-order valence-corrected chi connectivity index (χ0v) is 15.6. The van der Waals surface area contributed by atoms with E-state index in [0.29, 0.717) is 24.1 Å². The van der Waals surface area contributed by atoms with Crippen LogP contribution in [0.3, 0.4) is 0 Å². The Morgan fingerprint density at radius 2 is 2.07 bits per heavy atom. The van der Waals surface area contributed by atoms with Crippen molar-refractivity contribution in [2.45, 2.75) is 25.6 Å². The Kier molecular flexibility index (Phi) is 5.03. The summed E-state index contributed by atoms with van der Waals surface area (Å²) in [5, 5.41) is 15.5. The van der Waals surface area contributed by atoms with Gasteiger partial charge in [0.05, 0.1) is 18.7 Å². The summed E-state index contributed by atoms with van der Waals surface area (Å²) in [4.78, 5) is 17.3. The first-order chi connectivity index (χ1) is 13.6. The van der Waals surface area contributed by atoms with Gasteiger partial charge < -0.3 is 4.74 Å². The van der Waals surface area contributed by atoms with Crippen LogP contribution in [0.15, 0.2) is 54.9 Å². The molecule has 1 aliphatic heterocycles. The zero-order valence-electron chi connectivity index (χ0n) is 15.6. The van der Waals surface area contributed by atoms with Gasteiger partial charge in [-0.1, -0.05) is 24.3 Å². The predicted molar refractivity (Wildman–Crippen MR) is 104 cm³/mol. The molecule has 2 aromatic carbocycles. The Hall–Kier alpha value is -3.26. The number of hydrogen-bond donors (Lipinski definition) is 0. The number of benzene rings is 2.